The van der Waals surface area contributed by atoms with Crippen LogP contribution >= 0.6 is 11.3 Å². The highest BCUT2D eigenvalue weighted by molar-refractivity contribution is 7.14. The van der Waals surface area contributed by atoms with Crippen LogP contribution in [0.5, 0.6) is 0 Å². The number of carboxylic acid groups (broad SMARTS) is 1. The molecule has 2 fully saturated rings. The lowest BCUT2D eigenvalue weighted by atomic mass is 9.86. The molecule has 4 rings (SSSR count). The number of thiophene rings is 1. The molecule has 3 aliphatic rings. The Morgan fingerprint density at radius 3 is 2.41 bits per heavy atom. The number of hydrogen-bond donors (Lipinski definition) is 1. The van der Waals surface area contributed by atoms with Gasteiger partial charge >= 0.3 is 5.97 Å². The average molecular weight is 490 g/mol. The van der Waals surface area contributed by atoms with Crippen molar-refractivity contribution in [2.75, 3.05) is 18.1 Å². The monoisotopic (exact) mass is 489 g/mol. The van der Waals surface area contributed by atoms with Crippen molar-refractivity contribution in [3.63, 3.8) is 0 Å². The summed E-state index contributed by atoms with van der Waals surface area (Å²) >= 11 is 1.31. The Morgan fingerprint density at radius 1 is 1.12 bits per heavy atom. The first-order valence-corrected chi connectivity index (χ1v) is 13.5. The SMILES string of the molecule is CC1=CC[C@@H](C(=O)N(c2cc(C(C)(C)C)sc2C(=O)O)C2CCC(O[C@H]3CCOC3)CC2)CC1. The predicted molar refractivity (Wildman–Crippen MR) is 135 cm³/mol. The Hall–Kier alpha value is -1.70. The Kier molecular flexibility index (Phi) is 7.85. The summed E-state index contributed by atoms with van der Waals surface area (Å²) in [5.74, 6) is -0.961. The number of hydrogen-bond acceptors (Lipinski definition) is 5. The zero-order valence-electron chi connectivity index (χ0n) is 21.0. The average Bonchev–Trinajstić information content (AvgIpc) is 3.46. The summed E-state index contributed by atoms with van der Waals surface area (Å²) in [4.78, 5) is 29.4. The van der Waals surface area contributed by atoms with Gasteiger partial charge in [-0.15, -0.1) is 11.3 Å². The van der Waals surface area contributed by atoms with Gasteiger partial charge in [0, 0.05) is 23.4 Å². The number of anilines is 1. The van der Waals surface area contributed by atoms with E-state index in [0.717, 1.165) is 62.9 Å². The lowest BCUT2D eigenvalue weighted by Crippen LogP contribution is -2.47. The van der Waals surface area contributed by atoms with E-state index in [9.17, 15) is 14.7 Å². The molecule has 0 unspecified atom stereocenters. The molecule has 0 spiro atoms. The van der Waals surface area contributed by atoms with Gasteiger partial charge in [0.15, 0.2) is 0 Å². The molecule has 1 saturated carbocycles. The van der Waals surface area contributed by atoms with Crippen LogP contribution in [0.1, 0.15) is 93.6 Å². The maximum absolute atomic E-state index is 14.0. The Labute approximate surface area is 207 Å². The summed E-state index contributed by atoms with van der Waals surface area (Å²) in [6.07, 6.45) is 9.40. The molecule has 7 heteroatoms. The molecule has 1 saturated heterocycles. The fourth-order valence-electron chi connectivity index (χ4n) is 5.30. The maximum atomic E-state index is 14.0. The van der Waals surface area contributed by atoms with E-state index in [1.54, 1.807) is 0 Å². The standard InChI is InChI=1S/C27H39NO5S/c1-17-5-7-18(8-6-17)25(29)28(22-15-23(27(2,3)4)34-24(22)26(30)31)19-9-11-20(12-10-19)33-21-13-14-32-16-21/h5,15,18-21H,6-14,16H2,1-4H3,(H,30,31)/t18-,19?,20?,21+/m1/s1. The minimum absolute atomic E-state index is 0.000278. The molecule has 0 radical (unpaired) electrons. The number of carbonyl (C=O) groups is 2. The lowest BCUT2D eigenvalue weighted by Gasteiger charge is -2.39. The molecular formula is C27H39NO5S. The molecule has 2 heterocycles. The molecule has 0 aromatic carbocycles. The Morgan fingerprint density at radius 2 is 1.85 bits per heavy atom. The molecule has 0 bridgehead atoms. The molecule has 34 heavy (non-hydrogen) atoms. The van der Waals surface area contributed by atoms with Crippen molar-refractivity contribution < 1.29 is 24.2 Å². The number of rotatable bonds is 6. The number of amides is 1. The van der Waals surface area contributed by atoms with E-state index in [2.05, 4.69) is 33.8 Å². The van der Waals surface area contributed by atoms with Crippen molar-refractivity contribution in [2.45, 2.75) is 103 Å². The zero-order valence-corrected chi connectivity index (χ0v) is 21.8. The Balaban J connectivity index is 1.60. The van der Waals surface area contributed by atoms with E-state index in [-0.39, 0.29) is 40.4 Å². The highest BCUT2D eigenvalue weighted by atomic mass is 32.1. The first-order valence-electron chi connectivity index (χ1n) is 12.7. The highest BCUT2D eigenvalue weighted by Gasteiger charge is 2.38. The van der Waals surface area contributed by atoms with Crippen molar-refractivity contribution in [1.29, 1.82) is 0 Å². The second-order valence-corrected chi connectivity index (χ2v) is 12.2. The van der Waals surface area contributed by atoms with E-state index in [1.807, 2.05) is 11.0 Å². The largest absolute Gasteiger partial charge is 0.477 e. The molecule has 1 aromatic rings. The summed E-state index contributed by atoms with van der Waals surface area (Å²) in [6.45, 7) is 9.82. The van der Waals surface area contributed by atoms with Crippen LogP contribution in [0.4, 0.5) is 5.69 Å². The van der Waals surface area contributed by atoms with Gasteiger partial charge in [0.05, 0.1) is 24.5 Å². The van der Waals surface area contributed by atoms with Gasteiger partial charge in [-0.2, -0.15) is 0 Å². The number of carboxylic acids is 1. The second-order valence-electron chi connectivity index (χ2n) is 11.2. The third-order valence-electron chi connectivity index (χ3n) is 7.41. The van der Waals surface area contributed by atoms with Crippen LogP contribution < -0.4 is 4.90 Å². The number of carbonyl (C=O) groups excluding carboxylic acids is 1. The smallest absolute Gasteiger partial charge is 0.348 e. The van der Waals surface area contributed by atoms with E-state index in [1.165, 1.54) is 16.9 Å². The summed E-state index contributed by atoms with van der Waals surface area (Å²) < 4.78 is 11.7. The van der Waals surface area contributed by atoms with Gasteiger partial charge in [-0.25, -0.2) is 4.79 Å². The van der Waals surface area contributed by atoms with Gasteiger partial charge in [-0.05, 0) is 69.8 Å². The van der Waals surface area contributed by atoms with Crippen molar-refractivity contribution in [1.82, 2.24) is 0 Å². The molecule has 2 atom stereocenters. The number of ether oxygens (including phenoxy) is 2. The molecule has 188 valence electrons. The molecule has 1 aromatic heterocycles. The molecule has 1 amide bonds. The number of aromatic carboxylic acids is 1. The fourth-order valence-corrected chi connectivity index (χ4v) is 6.34. The van der Waals surface area contributed by atoms with Gasteiger partial charge in [0.1, 0.15) is 4.88 Å². The number of nitrogens with zero attached hydrogens (tertiary/aromatic N) is 1. The van der Waals surface area contributed by atoms with Gasteiger partial charge < -0.3 is 19.5 Å². The second kappa shape index (κ2) is 10.5. The van der Waals surface area contributed by atoms with Crippen LogP contribution in [0.25, 0.3) is 0 Å². The predicted octanol–water partition coefficient (Wildman–Crippen LogP) is 5.94. The molecular weight excluding hydrogens is 450 g/mol. The lowest BCUT2D eigenvalue weighted by molar-refractivity contribution is -0.123. The van der Waals surface area contributed by atoms with Crippen LogP contribution in [-0.4, -0.2) is 48.4 Å². The summed E-state index contributed by atoms with van der Waals surface area (Å²) in [6, 6.07) is 1.97. The first kappa shape index (κ1) is 25.4. The van der Waals surface area contributed by atoms with Gasteiger partial charge in [0.25, 0.3) is 0 Å². The third kappa shape index (κ3) is 5.74. The fraction of sp³-hybridized carbons (Fsp3) is 0.704. The van der Waals surface area contributed by atoms with Crippen LogP contribution in [-0.2, 0) is 19.7 Å². The van der Waals surface area contributed by atoms with E-state index in [0.29, 0.717) is 12.3 Å². The van der Waals surface area contributed by atoms with E-state index in [4.69, 9.17) is 9.47 Å². The van der Waals surface area contributed by atoms with Crippen molar-refractivity contribution >= 4 is 28.9 Å². The minimum atomic E-state index is -0.953. The van der Waals surface area contributed by atoms with Crippen molar-refractivity contribution in [3.05, 3.63) is 27.5 Å². The molecule has 6 nitrogen and oxygen atoms in total. The van der Waals surface area contributed by atoms with Crippen molar-refractivity contribution in [3.8, 4) is 0 Å². The van der Waals surface area contributed by atoms with Crippen LogP contribution in [0.15, 0.2) is 17.7 Å². The van der Waals surface area contributed by atoms with E-state index >= 15 is 0 Å². The summed E-state index contributed by atoms with van der Waals surface area (Å²) in [5.41, 5.74) is 1.75. The number of allylic oxidation sites excluding steroid dienone is 2. The van der Waals surface area contributed by atoms with Crippen LogP contribution in [0.2, 0.25) is 0 Å². The van der Waals surface area contributed by atoms with Gasteiger partial charge in [-0.1, -0.05) is 32.4 Å². The quantitative estimate of drug-likeness (QED) is 0.501. The summed E-state index contributed by atoms with van der Waals surface area (Å²) in [5, 5.41) is 10.1. The van der Waals surface area contributed by atoms with Gasteiger partial charge in [0.2, 0.25) is 5.91 Å². The molecule has 2 aliphatic carbocycles. The van der Waals surface area contributed by atoms with E-state index < -0.39 is 5.97 Å². The zero-order chi connectivity index (χ0) is 24.5. The Bertz CT molecular complexity index is 916. The normalized spacial score (nSPS) is 27.9. The molecule has 1 aliphatic heterocycles. The van der Waals surface area contributed by atoms with Crippen LogP contribution in [0, 0.1) is 5.92 Å². The third-order valence-corrected chi connectivity index (χ3v) is 8.95. The molecule has 1 N–H and O–H groups in total. The van der Waals surface area contributed by atoms with Crippen molar-refractivity contribution in [2.24, 2.45) is 5.92 Å². The first-order chi connectivity index (χ1) is 16.1. The maximum Gasteiger partial charge on any atom is 0.348 e. The van der Waals surface area contributed by atoms with Gasteiger partial charge in [-0.3, -0.25) is 4.79 Å². The topological polar surface area (TPSA) is 76.1 Å². The van der Waals surface area contributed by atoms with Crippen LogP contribution in [0.3, 0.4) is 0 Å². The minimum Gasteiger partial charge on any atom is -0.477 e. The summed E-state index contributed by atoms with van der Waals surface area (Å²) in [7, 11) is 0. The highest BCUT2D eigenvalue weighted by Crippen LogP contribution is 2.41.